The molecule has 1 aromatic heterocycles. The van der Waals surface area contributed by atoms with Crippen LogP contribution in [-0.4, -0.2) is 9.97 Å². The zero-order valence-corrected chi connectivity index (χ0v) is 6.83. The molecule has 0 spiro atoms. The molecule has 2 nitrogen and oxygen atoms in total. The first-order valence-corrected chi connectivity index (χ1v) is 3.52. The highest BCUT2D eigenvalue weighted by Crippen LogP contribution is 1.84. The Labute approximate surface area is 62.3 Å². The minimum absolute atomic E-state index is 1.10. The summed E-state index contributed by atoms with van der Waals surface area (Å²) in [6.45, 7) is 6.21. The van der Waals surface area contributed by atoms with E-state index in [1.165, 1.54) is 12.7 Å². The second-order valence-corrected chi connectivity index (χ2v) is 2.12. The lowest BCUT2D eigenvalue weighted by atomic mass is 10.4. The highest BCUT2D eigenvalue weighted by atomic mass is 14.8. The molecule has 0 N–H and O–H groups in total. The molecule has 0 fully saturated rings. The van der Waals surface area contributed by atoms with Gasteiger partial charge in [-0.15, -0.1) is 0 Å². The van der Waals surface area contributed by atoms with Crippen LogP contribution < -0.4 is 0 Å². The molecule has 0 aliphatic rings. The van der Waals surface area contributed by atoms with Crippen LogP contribution in [0.1, 0.15) is 25.8 Å². The van der Waals surface area contributed by atoms with Crippen molar-refractivity contribution >= 4 is 0 Å². The van der Waals surface area contributed by atoms with Gasteiger partial charge in [0.05, 0.1) is 0 Å². The molecule has 0 bridgehead atoms. The summed E-state index contributed by atoms with van der Waals surface area (Å²) in [5, 5.41) is 0. The van der Waals surface area contributed by atoms with Crippen LogP contribution in [0, 0.1) is 6.92 Å². The van der Waals surface area contributed by atoms with Crippen LogP contribution in [0.2, 0.25) is 0 Å². The monoisotopic (exact) mass is 138 g/mol. The number of aromatic nitrogens is 2. The molecule has 2 heteroatoms. The Bertz CT molecular complexity index is 149. The second kappa shape index (κ2) is 6.20. The van der Waals surface area contributed by atoms with E-state index in [1.54, 1.807) is 12.4 Å². The van der Waals surface area contributed by atoms with Gasteiger partial charge in [0.1, 0.15) is 6.33 Å². The van der Waals surface area contributed by atoms with Crippen LogP contribution in [0.15, 0.2) is 18.7 Å². The highest BCUT2D eigenvalue weighted by molar-refractivity contribution is 4.96. The molecule has 0 unspecified atom stereocenters. The maximum atomic E-state index is 3.77. The summed E-state index contributed by atoms with van der Waals surface area (Å²) in [7, 11) is 0. The van der Waals surface area contributed by atoms with E-state index in [0.717, 1.165) is 5.56 Å². The summed E-state index contributed by atoms with van der Waals surface area (Å²) in [6, 6.07) is 0. The van der Waals surface area contributed by atoms with Gasteiger partial charge in [0.25, 0.3) is 0 Å². The van der Waals surface area contributed by atoms with Crippen molar-refractivity contribution in [2.75, 3.05) is 0 Å². The number of hydrogen-bond donors (Lipinski definition) is 0. The van der Waals surface area contributed by atoms with Crippen LogP contribution in [0.25, 0.3) is 0 Å². The SMILES string of the molecule is CCC.Cc1cncnc1. The number of rotatable bonds is 0. The molecule has 56 valence electrons. The van der Waals surface area contributed by atoms with Crippen molar-refractivity contribution in [2.24, 2.45) is 0 Å². The molecular formula is C8H14N2. The van der Waals surface area contributed by atoms with E-state index in [9.17, 15) is 0 Å². The third kappa shape index (κ3) is 5.22. The van der Waals surface area contributed by atoms with Crippen molar-refractivity contribution in [3.05, 3.63) is 24.3 Å². The summed E-state index contributed by atoms with van der Waals surface area (Å²) in [4.78, 5) is 7.55. The molecule has 1 heterocycles. The largest absolute Gasteiger partial charge is 0.245 e. The molecule has 0 aromatic carbocycles. The molecule has 1 rings (SSSR count). The van der Waals surface area contributed by atoms with Crippen LogP contribution in [0.5, 0.6) is 0 Å². The zero-order valence-electron chi connectivity index (χ0n) is 6.83. The smallest absolute Gasteiger partial charge is 0.115 e. The molecule has 0 amide bonds. The Hall–Kier alpha value is -0.920. The first kappa shape index (κ1) is 9.08. The fourth-order valence-electron chi connectivity index (χ4n) is 0.374. The fourth-order valence-corrected chi connectivity index (χ4v) is 0.374. The van der Waals surface area contributed by atoms with Gasteiger partial charge in [0.2, 0.25) is 0 Å². The number of hydrogen-bond acceptors (Lipinski definition) is 2. The molecule has 1 aromatic rings. The van der Waals surface area contributed by atoms with Gasteiger partial charge in [-0.1, -0.05) is 20.3 Å². The minimum atomic E-state index is 1.10. The number of nitrogens with zero attached hydrogens (tertiary/aromatic N) is 2. The van der Waals surface area contributed by atoms with E-state index in [4.69, 9.17) is 0 Å². The lowest BCUT2D eigenvalue weighted by molar-refractivity contribution is 1.09. The van der Waals surface area contributed by atoms with E-state index in [2.05, 4.69) is 23.8 Å². The van der Waals surface area contributed by atoms with Crippen LogP contribution in [-0.2, 0) is 0 Å². The van der Waals surface area contributed by atoms with Gasteiger partial charge >= 0.3 is 0 Å². The van der Waals surface area contributed by atoms with Crippen molar-refractivity contribution in [3.8, 4) is 0 Å². The Balaban J connectivity index is 0.000000236. The zero-order chi connectivity index (χ0) is 7.82. The van der Waals surface area contributed by atoms with Crippen LogP contribution in [0.3, 0.4) is 0 Å². The van der Waals surface area contributed by atoms with E-state index in [1.807, 2.05) is 6.92 Å². The summed E-state index contributed by atoms with van der Waals surface area (Å²) < 4.78 is 0. The Morgan fingerprint density at radius 2 is 1.60 bits per heavy atom. The molecule has 10 heavy (non-hydrogen) atoms. The summed E-state index contributed by atoms with van der Waals surface area (Å²) >= 11 is 0. The lowest BCUT2D eigenvalue weighted by Gasteiger charge is -1.81. The first-order chi connectivity index (χ1) is 4.81. The van der Waals surface area contributed by atoms with Gasteiger partial charge in [-0.25, -0.2) is 9.97 Å². The van der Waals surface area contributed by atoms with Gasteiger partial charge in [0, 0.05) is 12.4 Å². The summed E-state index contributed by atoms with van der Waals surface area (Å²) in [6.07, 6.45) is 6.31. The molecular weight excluding hydrogens is 124 g/mol. The van der Waals surface area contributed by atoms with E-state index >= 15 is 0 Å². The molecule has 0 aliphatic carbocycles. The van der Waals surface area contributed by atoms with Crippen LogP contribution in [0.4, 0.5) is 0 Å². The lowest BCUT2D eigenvalue weighted by Crippen LogP contribution is -1.75. The molecule has 0 atom stereocenters. The van der Waals surface area contributed by atoms with E-state index in [-0.39, 0.29) is 0 Å². The standard InChI is InChI=1S/C5H6N2.C3H8/c1-5-2-6-4-7-3-5;1-3-2/h2-4H,1H3;3H2,1-2H3. The van der Waals surface area contributed by atoms with Crippen molar-refractivity contribution < 1.29 is 0 Å². The number of aryl methyl sites for hydroxylation is 1. The average molecular weight is 138 g/mol. The normalized spacial score (nSPS) is 7.90. The predicted molar refractivity (Wildman–Crippen MR) is 42.7 cm³/mol. The van der Waals surface area contributed by atoms with Crippen LogP contribution >= 0.6 is 0 Å². The Morgan fingerprint density at radius 1 is 1.20 bits per heavy atom. The highest BCUT2D eigenvalue weighted by Gasteiger charge is 1.74. The fraction of sp³-hybridized carbons (Fsp3) is 0.500. The molecule has 0 aliphatic heterocycles. The third-order valence-electron chi connectivity index (χ3n) is 0.690. The van der Waals surface area contributed by atoms with Gasteiger partial charge in [-0.3, -0.25) is 0 Å². The predicted octanol–water partition coefficient (Wildman–Crippen LogP) is 2.20. The van der Waals surface area contributed by atoms with Gasteiger partial charge in [0.15, 0.2) is 0 Å². The second-order valence-electron chi connectivity index (χ2n) is 2.12. The Kier molecular flexibility index (Phi) is 5.63. The summed E-state index contributed by atoms with van der Waals surface area (Å²) in [5.41, 5.74) is 1.10. The topological polar surface area (TPSA) is 25.8 Å². The maximum absolute atomic E-state index is 3.77. The van der Waals surface area contributed by atoms with Crippen molar-refractivity contribution in [2.45, 2.75) is 27.2 Å². The molecule has 0 saturated carbocycles. The average Bonchev–Trinajstić information content (AvgIpc) is 1.91. The summed E-state index contributed by atoms with van der Waals surface area (Å²) in [5.74, 6) is 0. The van der Waals surface area contributed by atoms with Crippen molar-refractivity contribution in [1.82, 2.24) is 9.97 Å². The molecule has 0 radical (unpaired) electrons. The first-order valence-electron chi connectivity index (χ1n) is 3.52. The van der Waals surface area contributed by atoms with Gasteiger partial charge < -0.3 is 0 Å². The van der Waals surface area contributed by atoms with Crippen molar-refractivity contribution in [3.63, 3.8) is 0 Å². The Morgan fingerprint density at radius 3 is 1.80 bits per heavy atom. The minimum Gasteiger partial charge on any atom is -0.245 e. The quantitative estimate of drug-likeness (QED) is 0.549. The van der Waals surface area contributed by atoms with E-state index in [0.29, 0.717) is 0 Å². The molecule has 0 saturated heterocycles. The maximum Gasteiger partial charge on any atom is 0.115 e. The van der Waals surface area contributed by atoms with Crippen molar-refractivity contribution in [1.29, 1.82) is 0 Å². The third-order valence-corrected chi connectivity index (χ3v) is 0.690. The van der Waals surface area contributed by atoms with Gasteiger partial charge in [-0.05, 0) is 12.5 Å². The van der Waals surface area contributed by atoms with E-state index < -0.39 is 0 Å². The van der Waals surface area contributed by atoms with Gasteiger partial charge in [-0.2, -0.15) is 0 Å².